The summed E-state index contributed by atoms with van der Waals surface area (Å²) in [6, 6.07) is 5.38. The van der Waals surface area contributed by atoms with Gasteiger partial charge < -0.3 is 20.3 Å². The highest BCUT2D eigenvalue weighted by molar-refractivity contribution is 5.90. The smallest absolute Gasteiger partial charge is 0.332 e. The maximum absolute atomic E-state index is 12.0. The van der Waals surface area contributed by atoms with Crippen LogP contribution >= 0.6 is 0 Å². The molecule has 2 aromatic rings. The number of ether oxygens (including phenoxy) is 1. The van der Waals surface area contributed by atoms with Gasteiger partial charge in [-0.15, -0.1) is 0 Å². The normalized spacial score (nSPS) is 14.3. The third kappa shape index (κ3) is 5.57. The molecule has 0 spiro atoms. The highest BCUT2D eigenvalue weighted by Crippen LogP contribution is 2.36. The molecule has 1 aromatic heterocycles. The number of nitrogens with one attached hydrogen (secondary N) is 2. The van der Waals surface area contributed by atoms with E-state index in [1.165, 1.54) is 24.6 Å². The van der Waals surface area contributed by atoms with Crippen LogP contribution in [0.5, 0.6) is 5.75 Å². The molecule has 3 rings (SSSR count). The van der Waals surface area contributed by atoms with Crippen LogP contribution in [0.1, 0.15) is 18.9 Å². The number of piperazine rings is 1. The van der Waals surface area contributed by atoms with Gasteiger partial charge in [0.2, 0.25) is 5.91 Å². The molecule has 180 valence electrons. The molecule has 0 aliphatic carbocycles. The third-order valence-electron chi connectivity index (χ3n) is 6.10. The summed E-state index contributed by atoms with van der Waals surface area (Å²) >= 11 is 0. The van der Waals surface area contributed by atoms with Crippen molar-refractivity contribution in [1.29, 1.82) is 0 Å². The molecule has 1 fully saturated rings. The van der Waals surface area contributed by atoms with Crippen LogP contribution in [-0.4, -0.2) is 66.3 Å². The van der Waals surface area contributed by atoms with Crippen molar-refractivity contribution in [2.24, 2.45) is 14.1 Å². The average molecular weight is 459 g/mol. The SMILES string of the molecule is COc1c(N2CCN(CCCNc3cc(=O)n(C)c(=O)n3C)CC2)ccc(NC(C)=O)c1C. The molecule has 10 heteroatoms. The lowest BCUT2D eigenvalue weighted by atomic mass is 10.1. The first kappa shape index (κ1) is 24.4. The average Bonchev–Trinajstić information content (AvgIpc) is 2.80. The van der Waals surface area contributed by atoms with Crippen LogP contribution < -0.4 is 31.5 Å². The predicted octanol–water partition coefficient (Wildman–Crippen LogP) is 0.984. The van der Waals surface area contributed by atoms with Crippen LogP contribution in [0.2, 0.25) is 0 Å². The predicted molar refractivity (Wildman–Crippen MR) is 131 cm³/mol. The number of rotatable bonds is 8. The zero-order valence-electron chi connectivity index (χ0n) is 20.1. The van der Waals surface area contributed by atoms with Crippen LogP contribution in [-0.2, 0) is 18.9 Å². The van der Waals surface area contributed by atoms with E-state index < -0.39 is 0 Å². The van der Waals surface area contributed by atoms with Crippen LogP contribution in [0, 0.1) is 6.92 Å². The van der Waals surface area contributed by atoms with Crippen molar-refractivity contribution in [1.82, 2.24) is 14.0 Å². The Morgan fingerprint density at radius 3 is 2.42 bits per heavy atom. The van der Waals surface area contributed by atoms with Crippen LogP contribution in [0.4, 0.5) is 17.2 Å². The molecule has 1 aromatic carbocycles. The quantitative estimate of drug-likeness (QED) is 0.569. The molecule has 1 aliphatic rings. The van der Waals surface area contributed by atoms with E-state index in [1.54, 1.807) is 14.2 Å². The third-order valence-corrected chi connectivity index (χ3v) is 6.10. The van der Waals surface area contributed by atoms with Gasteiger partial charge in [-0.05, 0) is 32.0 Å². The number of carbonyl (C=O) groups is 1. The number of hydrogen-bond acceptors (Lipinski definition) is 7. The molecular formula is C23H34N6O4. The fourth-order valence-electron chi connectivity index (χ4n) is 4.14. The van der Waals surface area contributed by atoms with Crippen molar-refractivity contribution >= 4 is 23.1 Å². The van der Waals surface area contributed by atoms with E-state index in [4.69, 9.17) is 4.74 Å². The van der Waals surface area contributed by atoms with Gasteiger partial charge in [0.05, 0.1) is 12.8 Å². The molecule has 0 atom stereocenters. The summed E-state index contributed by atoms with van der Waals surface area (Å²) in [7, 11) is 4.79. The van der Waals surface area contributed by atoms with Crippen molar-refractivity contribution in [2.45, 2.75) is 20.3 Å². The van der Waals surface area contributed by atoms with Gasteiger partial charge in [-0.1, -0.05) is 0 Å². The zero-order chi connectivity index (χ0) is 24.1. The topological polar surface area (TPSA) is 101 Å². The van der Waals surface area contributed by atoms with Crippen molar-refractivity contribution in [3.05, 3.63) is 44.6 Å². The molecule has 0 bridgehead atoms. The summed E-state index contributed by atoms with van der Waals surface area (Å²) in [6.45, 7) is 8.68. The van der Waals surface area contributed by atoms with Gasteiger partial charge in [0, 0.05) is 71.1 Å². The minimum absolute atomic E-state index is 0.104. The number of methoxy groups -OCH3 is 1. The summed E-state index contributed by atoms with van der Waals surface area (Å²) in [6.07, 6.45) is 0.900. The Balaban J connectivity index is 1.52. The number of benzene rings is 1. The highest BCUT2D eigenvalue weighted by atomic mass is 16.5. The van der Waals surface area contributed by atoms with Gasteiger partial charge in [-0.3, -0.25) is 23.6 Å². The van der Waals surface area contributed by atoms with Gasteiger partial charge in [-0.2, -0.15) is 0 Å². The molecule has 2 N–H and O–H groups in total. The van der Waals surface area contributed by atoms with Gasteiger partial charge in [0.25, 0.3) is 5.56 Å². The Bertz CT molecular complexity index is 1120. The standard InChI is InChI=1S/C23H34N6O4/c1-16-18(25-17(2)30)7-8-19(22(16)33-5)29-13-11-28(12-14-29)10-6-9-24-20-15-21(31)27(4)23(32)26(20)3/h7-8,15,24H,6,9-14H2,1-5H3,(H,25,30). The van der Waals surface area contributed by atoms with Crippen molar-refractivity contribution in [3.63, 3.8) is 0 Å². The van der Waals surface area contributed by atoms with Crippen LogP contribution in [0.3, 0.4) is 0 Å². The molecule has 0 radical (unpaired) electrons. The zero-order valence-corrected chi connectivity index (χ0v) is 20.1. The van der Waals surface area contributed by atoms with Crippen molar-refractivity contribution < 1.29 is 9.53 Å². The molecule has 1 amide bonds. The first-order valence-corrected chi connectivity index (χ1v) is 11.2. The van der Waals surface area contributed by atoms with Gasteiger partial charge in [0.15, 0.2) is 0 Å². The van der Waals surface area contributed by atoms with E-state index in [0.29, 0.717) is 12.4 Å². The van der Waals surface area contributed by atoms with Crippen LogP contribution in [0.25, 0.3) is 0 Å². The monoisotopic (exact) mass is 458 g/mol. The number of nitrogens with zero attached hydrogens (tertiary/aromatic N) is 4. The Morgan fingerprint density at radius 2 is 1.79 bits per heavy atom. The second-order valence-electron chi connectivity index (χ2n) is 8.35. The van der Waals surface area contributed by atoms with Gasteiger partial charge in [-0.25, -0.2) is 4.79 Å². The van der Waals surface area contributed by atoms with Crippen molar-refractivity contribution in [3.8, 4) is 5.75 Å². The molecular weight excluding hydrogens is 424 g/mol. The molecule has 1 saturated heterocycles. The molecule has 1 aliphatic heterocycles. The maximum Gasteiger partial charge on any atom is 0.332 e. The Labute approximate surface area is 193 Å². The Morgan fingerprint density at radius 1 is 1.09 bits per heavy atom. The first-order chi connectivity index (χ1) is 15.7. The number of anilines is 3. The molecule has 10 nitrogen and oxygen atoms in total. The lowest BCUT2D eigenvalue weighted by molar-refractivity contribution is -0.114. The fraction of sp³-hybridized carbons (Fsp3) is 0.522. The molecule has 33 heavy (non-hydrogen) atoms. The lowest BCUT2D eigenvalue weighted by Crippen LogP contribution is -2.47. The second kappa shape index (κ2) is 10.6. The highest BCUT2D eigenvalue weighted by Gasteiger charge is 2.21. The maximum atomic E-state index is 12.0. The first-order valence-electron chi connectivity index (χ1n) is 11.2. The lowest BCUT2D eigenvalue weighted by Gasteiger charge is -2.37. The Kier molecular flexibility index (Phi) is 7.80. The minimum atomic E-state index is -0.336. The summed E-state index contributed by atoms with van der Waals surface area (Å²) in [4.78, 5) is 40.0. The number of carbonyl (C=O) groups excluding carboxylic acids is 1. The summed E-state index contributed by atoms with van der Waals surface area (Å²) in [5, 5.41) is 6.05. The van der Waals surface area contributed by atoms with Gasteiger partial charge >= 0.3 is 5.69 Å². The van der Waals surface area contributed by atoms with E-state index in [-0.39, 0.29) is 17.2 Å². The summed E-state index contributed by atoms with van der Waals surface area (Å²) in [5.41, 5.74) is 2.08. The Hall–Kier alpha value is -3.27. The number of amides is 1. The molecule has 2 heterocycles. The van der Waals surface area contributed by atoms with E-state index in [0.717, 1.165) is 66.4 Å². The number of hydrogen-bond donors (Lipinski definition) is 2. The largest absolute Gasteiger partial charge is 0.494 e. The van der Waals surface area contributed by atoms with E-state index in [1.807, 2.05) is 19.1 Å². The van der Waals surface area contributed by atoms with E-state index in [2.05, 4.69) is 20.4 Å². The van der Waals surface area contributed by atoms with Crippen molar-refractivity contribution in [2.75, 3.05) is 61.9 Å². The second-order valence-corrected chi connectivity index (χ2v) is 8.35. The van der Waals surface area contributed by atoms with Gasteiger partial charge in [0.1, 0.15) is 11.6 Å². The minimum Gasteiger partial charge on any atom is -0.494 e. The summed E-state index contributed by atoms with van der Waals surface area (Å²) in [5.74, 6) is 1.23. The number of aromatic nitrogens is 2. The van der Waals surface area contributed by atoms with E-state index in [9.17, 15) is 14.4 Å². The molecule has 0 unspecified atom stereocenters. The summed E-state index contributed by atoms with van der Waals surface area (Å²) < 4.78 is 8.21. The van der Waals surface area contributed by atoms with Crippen LogP contribution in [0.15, 0.2) is 27.8 Å². The fourth-order valence-corrected chi connectivity index (χ4v) is 4.14. The molecule has 0 saturated carbocycles. The van der Waals surface area contributed by atoms with E-state index >= 15 is 0 Å².